The number of alkyl carbamates (subject to hydrolysis) is 1. The van der Waals surface area contributed by atoms with Gasteiger partial charge in [-0.05, 0) is 11.1 Å². The van der Waals surface area contributed by atoms with Gasteiger partial charge >= 0.3 is 22.2 Å². The minimum atomic E-state index is -4.41. The van der Waals surface area contributed by atoms with Crippen LogP contribution in [-0.4, -0.2) is 47.8 Å². The van der Waals surface area contributed by atoms with Gasteiger partial charge in [0.2, 0.25) is 5.94 Å². The molecule has 0 spiro atoms. The summed E-state index contributed by atoms with van der Waals surface area (Å²) in [6.45, 7) is 0.0197. The van der Waals surface area contributed by atoms with Gasteiger partial charge in [-0.15, -0.1) is 5.06 Å². The van der Waals surface area contributed by atoms with Crippen LogP contribution in [0.5, 0.6) is 0 Å². The van der Waals surface area contributed by atoms with E-state index < -0.39 is 39.9 Å². The first-order valence-electron chi connectivity index (χ1n) is 7.64. The summed E-state index contributed by atoms with van der Waals surface area (Å²) in [5.41, 5.74) is 1.18. The highest BCUT2D eigenvalue weighted by atomic mass is 32.2. The van der Waals surface area contributed by atoms with Crippen LogP contribution < -0.4 is 5.32 Å². The Hall–Kier alpha value is -2.99. The third kappa shape index (κ3) is 6.67. The van der Waals surface area contributed by atoms with Crippen LogP contribution in [0.25, 0.3) is 0 Å². The highest BCUT2D eigenvalue weighted by Crippen LogP contribution is 2.13. The molecule has 3 amide bonds. The molecule has 2 N–H and O–H groups in total. The molecule has 1 aromatic rings. The predicted molar refractivity (Wildman–Crippen MR) is 87.1 cm³/mol. The zero-order valence-electron chi connectivity index (χ0n) is 13.9. The summed E-state index contributed by atoms with van der Waals surface area (Å²) in [6, 6.07) is 6.35. The summed E-state index contributed by atoms with van der Waals surface area (Å²) in [6.07, 6.45) is -1.16. The van der Waals surface area contributed by atoms with Crippen molar-refractivity contribution in [1.29, 1.82) is 0 Å². The molecule has 0 unspecified atom stereocenters. The van der Waals surface area contributed by atoms with Crippen molar-refractivity contribution in [2.24, 2.45) is 0 Å². The van der Waals surface area contributed by atoms with Crippen LogP contribution in [0.2, 0.25) is 0 Å². The molecule has 27 heavy (non-hydrogen) atoms. The zero-order chi connectivity index (χ0) is 20.0. The van der Waals surface area contributed by atoms with Gasteiger partial charge in [-0.1, -0.05) is 24.3 Å². The number of hydrogen-bond donors (Lipinski definition) is 2. The number of ether oxygens (including phenoxy) is 1. The van der Waals surface area contributed by atoms with E-state index in [0.717, 1.165) is 0 Å². The average molecular weight is 400 g/mol. The summed E-state index contributed by atoms with van der Waals surface area (Å²) >= 11 is 0. The number of nitrogens with one attached hydrogen (secondary N) is 1. The van der Waals surface area contributed by atoms with Crippen LogP contribution in [0.15, 0.2) is 24.3 Å². The number of hydroxylamine groups is 2. The van der Waals surface area contributed by atoms with Gasteiger partial charge in [0.1, 0.15) is 0 Å². The third-order valence-electron chi connectivity index (χ3n) is 3.35. The Morgan fingerprint density at radius 3 is 2.19 bits per heavy atom. The van der Waals surface area contributed by atoms with Crippen molar-refractivity contribution in [3.8, 4) is 0 Å². The first-order chi connectivity index (χ1) is 12.6. The molecular formula is C15H16N2O9S. The summed E-state index contributed by atoms with van der Waals surface area (Å²) < 4.78 is 33.6. The topological polar surface area (TPSA) is 156 Å². The maximum absolute atomic E-state index is 11.8. The van der Waals surface area contributed by atoms with E-state index >= 15 is 0 Å². The molecular weight excluding hydrogens is 384 g/mol. The van der Waals surface area contributed by atoms with Gasteiger partial charge in [-0.3, -0.25) is 14.1 Å². The van der Waals surface area contributed by atoms with Crippen molar-refractivity contribution >= 4 is 34.0 Å². The van der Waals surface area contributed by atoms with Crippen molar-refractivity contribution in [3.63, 3.8) is 0 Å². The second-order valence-corrected chi connectivity index (χ2v) is 6.92. The van der Waals surface area contributed by atoms with E-state index in [1.165, 1.54) is 0 Å². The van der Waals surface area contributed by atoms with E-state index in [4.69, 9.17) is 9.39 Å². The van der Waals surface area contributed by atoms with E-state index in [-0.39, 0.29) is 25.8 Å². The van der Waals surface area contributed by atoms with Crippen LogP contribution in [0.1, 0.15) is 24.0 Å². The first-order valence-corrected chi connectivity index (χ1v) is 9.25. The second-order valence-electron chi connectivity index (χ2n) is 5.52. The van der Waals surface area contributed by atoms with Gasteiger partial charge in [-0.2, -0.15) is 8.42 Å². The smallest absolute Gasteiger partial charge is 0.408 e. The molecule has 1 aliphatic heterocycles. The van der Waals surface area contributed by atoms with E-state index in [9.17, 15) is 27.6 Å². The van der Waals surface area contributed by atoms with Crippen molar-refractivity contribution < 1.29 is 41.7 Å². The van der Waals surface area contributed by atoms with Crippen LogP contribution >= 0.6 is 0 Å². The Morgan fingerprint density at radius 2 is 1.63 bits per heavy atom. The minimum Gasteiger partial charge on any atom is -0.431 e. The highest BCUT2D eigenvalue weighted by Gasteiger charge is 2.32. The Kier molecular flexibility index (Phi) is 6.47. The largest absolute Gasteiger partial charge is 0.431 e. The van der Waals surface area contributed by atoms with Crippen molar-refractivity contribution in [2.45, 2.75) is 25.8 Å². The Bertz CT molecular complexity index is 833. The van der Waals surface area contributed by atoms with Crippen LogP contribution in [0, 0.1) is 0 Å². The Labute approximate surface area is 153 Å². The Balaban J connectivity index is 1.79. The number of benzene rings is 1. The molecule has 1 saturated heterocycles. The predicted octanol–water partition coefficient (Wildman–Crippen LogP) is -0.0922. The summed E-state index contributed by atoms with van der Waals surface area (Å²) in [4.78, 5) is 50.6. The highest BCUT2D eigenvalue weighted by molar-refractivity contribution is 7.85. The Morgan fingerprint density at radius 1 is 1.07 bits per heavy atom. The number of nitrogens with zero attached hydrogens (tertiary/aromatic N) is 1. The number of amides is 3. The van der Waals surface area contributed by atoms with Crippen LogP contribution in [-0.2, 0) is 47.0 Å². The summed E-state index contributed by atoms with van der Waals surface area (Å²) in [5.74, 6) is -3.04. The molecule has 1 aromatic carbocycles. The van der Waals surface area contributed by atoms with Gasteiger partial charge in [-0.25, -0.2) is 9.59 Å². The first kappa shape index (κ1) is 20.3. The third-order valence-corrected chi connectivity index (χ3v) is 3.76. The number of carbonyl (C=O) groups excluding carboxylic acids is 4. The van der Waals surface area contributed by atoms with Gasteiger partial charge < -0.3 is 14.9 Å². The summed E-state index contributed by atoms with van der Waals surface area (Å²) in [5, 5.41) is 2.75. The normalized spacial score (nSPS) is 14.2. The fourth-order valence-electron chi connectivity index (χ4n) is 2.09. The van der Waals surface area contributed by atoms with Crippen LogP contribution in [0.4, 0.5) is 4.79 Å². The molecule has 1 aliphatic rings. The van der Waals surface area contributed by atoms with E-state index in [2.05, 4.69) is 10.1 Å². The second kappa shape index (κ2) is 8.60. The maximum atomic E-state index is 11.8. The van der Waals surface area contributed by atoms with Gasteiger partial charge in [0.15, 0.2) is 0 Å². The maximum Gasteiger partial charge on any atom is 0.408 e. The fourth-order valence-corrected chi connectivity index (χ4v) is 2.34. The van der Waals surface area contributed by atoms with Gasteiger partial charge in [0.05, 0.1) is 6.42 Å². The van der Waals surface area contributed by atoms with Gasteiger partial charge in [0.25, 0.3) is 11.8 Å². The quantitative estimate of drug-likeness (QED) is 0.471. The monoisotopic (exact) mass is 400 g/mol. The lowest BCUT2D eigenvalue weighted by Gasteiger charge is -2.12. The SMILES string of the molecule is O=C(Cc1ccc(CNC(=O)OCS(=O)(=O)O)cc1)ON1C(=O)CCC1=O. The molecule has 12 heteroatoms. The van der Waals surface area contributed by atoms with E-state index in [1.54, 1.807) is 24.3 Å². The summed E-state index contributed by atoms with van der Waals surface area (Å²) in [7, 11) is -4.41. The molecule has 146 valence electrons. The zero-order valence-corrected chi connectivity index (χ0v) is 14.7. The fraction of sp³-hybridized carbons (Fsp3) is 0.333. The van der Waals surface area contributed by atoms with Crippen molar-refractivity contribution in [2.75, 3.05) is 5.94 Å². The molecule has 0 radical (unpaired) electrons. The number of carbonyl (C=O) groups is 4. The molecule has 11 nitrogen and oxygen atoms in total. The van der Waals surface area contributed by atoms with E-state index in [1.807, 2.05) is 0 Å². The molecule has 0 aromatic heterocycles. The lowest BCUT2D eigenvalue weighted by molar-refractivity contribution is -0.197. The average Bonchev–Trinajstić information content (AvgIpc) is 2.90. The minimum absolute atomic E-state index is 0.0144. The lowest BCUT2D eigenvalue weighted by Crippen LogP contribution is -2.32. The molecule has 0 aliphatic carbocycles. The number of hydrogen-bond acceptors (Lipinski definition) is 8. The van der Waals surface area contributed by atoms with Crippen LogP contribution in [0.3, 0.4) is 0 Å². The lowest BCUT2D eigenvalue weighted by atomic mass is 10.1. The molecule has 0 atom stereocenters. The standard InChI is InChI=1S/C15H16N2O9S/c18-12-5-6-13(19)17(12)26-14(20)7-10-1-3-11(4-2-10)8-16-15(21)25-9-27(22,23)24/h1-4H,5-9H2,(H,16,21)(H,22,23,24). The molecule has 0 saturated carbocycles. The number of rotatable bonds is 7. The number of imide groups is 1. The molecule has 1 fully saturated rings. The molecule has 2 rings (SSSR count). The van der Waals surface area contributed by atoms with Crippen molar-refractivity contribution in [3.05, 3.63) is 35.4 Å². The molecule has 1 heterocycles. The van der Waals surface area contributed by atoms with E-state index in [0.29, 0.717) is 16.2 Å². The molecule has 0 bridgehead atoms. The van der Waals surface area contributed by atoms with Gasteiger partial charge in [0, 0.05) is 19.4 Å². The van der Waals surface area contributed by atoms with Crippen molar-refractivity contribution in [1.82, 2.24) is 10.4 Å².